The highest BCUT2D eigenvalue weighted by molar-refractivity contribution is 8.14. The summed E-state index contributed by atoms with van der Waals surface area (Å²) < 4.78 is 4.85. The summed E-state index contributed by atoms with van der Waals surface area (Å²) in [7, 11) is 1.30. The highest BCUT2D eigenvalue weighted by Gasteiger charge is 2.23. The van der Waals surface area contributed by atoms with Gasteiger partial charge in [0.25, 0.3) is 11.1 Å². The topological polar surface area (TPSA) is 97.4 Å². The molecule has 1 aromatic heterocycles. The Morgan fingerprint density at radius 3 is 2.61 bits per heavy atom. The number of carbonyl (C=O) groups is 3. The first-order valence-electron chi connectivity index (χ1n) is 9.97. The molecule has 0 bridgehead atoms. The number of hydrogen-bond acceptors (Lipinski definition) is 8. The molecule has 3 aromatic rings. The van der Waals surface area contributed by atoms with Crippen LogP contribution < -0.4 is 10.6 Å². The van der Waals surface area contributed by atoms with Crippen LogP contribution in [0.15, 0.2) is 65.0 Å². The summed E-state index contributed by atoms with van der Waals surface area (Å²) in [5.41, 5.74) is 1.89. The average molecular weight is 502 g/mol. The summed E-state index contributed by atoms with van der Waals surface area (Å²) in [6, 6.07) is 13.9. The van der Waals surface area contributed by atoms with Crippen molar-refractivity contribution < 1.29 is 19.1 Å². The van der Waals surface area contributed by atoms with Gasteiger partial charge in [0.15, 0.2) is 5.13 Å². The van der Waals surface area contributed by atoms with Crippen LogP contribution in [-0.4, -0.2) is 47.3 Å². The summed E-state index contributed by atoms with van der Waals surface area (Å²) in [4.78, 5) is 42.4. The minimum absolute atomic E-state index is 0.274. The number of thioether (sulfide) groups is 2. The molecule has 172 valence electrons. The van der Waals surface area contributed by atoms with Gasteiger partial charge >= 0.3 is 5.97 Å². The number of rotatable bonds is 9. The number of aromatic nitrogens is 1. The molecule has 0 aliphatic rings. The first-order chi connectivity index (χ1) is 16.0. The molecule has 33 heavy (non-hydrogen) atoms. The third-order valence-electron chi connectivity index (χ3n) is 4.57. The molecule has 0 saturated carbocycles. The van der Waals surface area contributed by atoms with Crippen molar-refractivity contribution >= 4 is 57.1 Å². The maximum absolute atomic E-state index is 13.2. The predicted octanol–water partition coefficient (Wildman–Crippen LogP) is 5.16. The first kappa shape index (κ1) is 24.8. The molecule has 0 aliphatic heterocycles. The van der Waals surface area contributed by atoms with E-state index in [1.807, 2.05) is 36.6 Å². The summed E-state index contributed by atoms with van der Waals surface area (Å²) in [6.45, 7) is 0. The van der Waals surface area contributed by atoms with E-state index >= 15 is 0 Å². The standard InChI is InChI=1S/C23H23N3O4S3/c1-30-21(28)19(10-12-31-2)25-20(27)17-9-8-16(14-18(17)15-6-4-3-5-7-15)33-23(29)26-22-24-11-13-32-22/h3-9,11,13-14,19H,10,12H2,1-2H3,(H,25,27)(H,24,26,29)/t19-/m0/s1. The van der Waals surface area contributed by atoms with Crippen molar-refractivity contribution in [3.05, 3.63) is 65.7 Å². The van der Waals surface area contributed by atoms with Crippen LogP contribution in [-0.2, 0) is 9.53 Å². The van der Waals surface area contributed by atoms with Crippen molar-refractivity contribution in [2.75, 3.05) is 24.4 Å². The molecule has 0 aliphatic carbocycles. The molecule has 0 unspecified atom stereocenters. The number of nitrogens with zero attached hydrogens (tertiary/aromatic N) is 1. The SMILES string of the molecule is COC(=O)[C@H](CCSC)NC(=O)c1ccc(SC(=O)Nc2nccs2)cc1-c1ccccc1. The van der Waals surface area contributed by atoms with E-state index < -0.39 is 12.0 Å². The fraction of sp³-hybridized carbons (Fsp3) is 0.217. The summed E-state index contributed by atoms with van der Waals surface area (Å²) in [5.74, 6) is -0.158. The zero-order valence-electron chi connectivity index (χ0n) is 18.1. The van der Waals surface area contributed by atoms with Crippen LogP contribution in [0.25, 0.3) is 11.1 Å². The number of nitrogens with one attached hydrogen (secondary N) is 2. The van der Waals surface area contributed by atoms with Crippen molar-refractivity contribution in [3.63, 3.8) is 0 Å². The molecule has 2 aromatic carbocycles. The second kappa shape index (κ2) is 12.4. The van der Waals surface area contributed by atoms with Crippen molar-refractivity contribution in [2.24, 2.45) is 0 Å². The molecule has 1 atom stereocenters. The van der Waals surface area contributed by atoms with Crippen molar-refractivity contribution in [2.45, 2.75) is 17.4 Å². The van der Waals surface area contributed by atoms with Crippen LogP contribution in [0, 0.1) is 0 Å². The van der Waals surface area contributed by atoms with E-state index in [4.69, 9.17) is 4.74 Å². The Kier molecular flexibility index (Phi) is 9.35. The van der Waals surface area contributed by atoms with Gasteiger partial charge in [-0.3, -0.25) is 14.9 Å². The number of anilines is 1. The molecule has 0 spiro atoms. The Morgan fingerprint density at radius 2 is 1.94 bits per heavy atom. The molecule has 7 nitrogen and oxygen atoms in total. The zero-order valence-corrected chi connectivity index (χ0v) is 20.5. The molecular formula is C23H23N3O4S3. The summed E-state index contributed by atoms with van der Waals surface area (Å²) >= 11 is 3.93. The molecule has 10 heteroatoms. The normalized spacial score (nSPS) is 11.5. The number of amides is 2. The Morgan fingerprint density at radius 1 is 1.15 bits per heavy atom. The Labute approximate surface area is 204 Å². The van der Waals surface area contributed by atoms with Gasteiger partial charge in [-0.05, 0) is 59.5 Å². The van der Waals surface area contributed by atoms with Gasteiger partial charge in [0.2, 0.25) is 0 Å². The molecule has 0 radical (unpaired) electrons. The van der Waals surface area contributed by atoms with Crippen molar-refractivity contribution in [3.8, 4) is 11.1 Å². The number of esters is 1. The quantitative estimate of drug-likeness (QED) is 0.309. The highest BCUT2D eigenvalue weighted by Crippen LogP contribution is 2.30. The van der Waals surface area contributed by atoms with Crippen LogP contribution in [0.2, 0.25) is 0 Å². The van der Waals surface area contributed by atoms with Crippen LogP contribution in [0.5, 0.6) is 0 Å². The average Bonchev–Trinajstić information content (AvgIpc) is 3.34. The van der Waals surface area contributed by atoms with Gasteiger partial charge in [0, 0.05) is 22.0 Å². The minimum atomic E-state index is -0.739. The van der Waals surface area contributed by atoms with E-state index in [-0.39, 0.29) is 11.1 Å². The highest BCUT2D eigenvalue weighted by atomic mass is 32.2. The van der Waals surface area contributed by atoms with Gasteiger partial charge in [-0.25, -0.2) is 9.78 Å². The summed E-state index contributed by atoms with van der Waals surface area (Å²) in [6.07, 6.45) is 4.02. The van der Waals surface area contributed by atoms with Crippen molar-refractivity contribution in [1.29, 1.82) is 0 Å². The van der Waals surface area contributed by atoms with Crippen LogP contribution in [0.3, 0.4) is 0 Å². The monoisotopic (exact) mass is 501 g/mol. The van der Waals surface area contributed by atoms with E-state index in [2.05, 4.69) is 15.6 Å². The lowest BCUT2D eigenvalue weighted by Gasteiger charge is -2.18. The smallest absolute Gasteiger partial charge is 0.328 e. The van der Waals surface area contributed by atoms with Crippen LogP contribution in [0.1, 0.15) is 16.8 Å². The second-order valence-electron chi connectivity index (χ2n) is 6.76. The van der Waals surface area contributed by atoms with E-state index in [0.717, 1.165) is 17.3 Å². The molecule has 0 saturated heterocycles. The lowest BCUT2D eigenvalue weighted by atomic mass is 9.99. The number of benzene rings is 2. The Bertz CT molecular complexity index is 1090. The second-order valence-corrected chi connectivity index (χ2v) is 9.68. The number of carbonyl (C=O) groups excluding carboxylic acids is 3. The first-order valence-corrected chi connectivity index (χ1v) is 13.1. The third-order valence-corrected chi connectivity index (χ3v) is 6.68. The Balaban J connectivity index is 1.86. The lowest BCUT2D eigenvalue weighted by molar-refractivity contribution is -0.142. The summed E-state index contributed by atoms with van der Waals surface area (Å²) in [5, 5.41) is 7.55. The maximum atomic E-state index is 13.2. The number of ether oxygens (including phenoxy) is 1. The fourth-order valence-electron chi connectivity index (χ4n) is 3.01. The van der Waals surface area contributed by atoms with Gasteiger partial charge < -0.3 is 10.1 Å². The largest absolute Gasteiger partial charge is 0.467 e. The van der Waals surface area contributed by atoms with Gasteiger partial charge in [-0.2, -0.15) is 11.8 Å². The molecule has 2 amide bonds. The maximum Gasteiger partial charge on any atom is 0.328 e. The van der Waals surface area contributed by atoms with Crippen molar-refractivity contribution in [1.82, 2.24) is 10.3 Å². The predicted molar refractivity (Wildman–Crippen MR) is 135 cm³/mol. The number of hydrogen-bond donors (Lipinski definition) is 2. The molecule has 2 N–H and O–H groups in total. The number of methoxy groups -OCH3 is 1. The zero-order chi connectivity index (χ0) is 23.6. The lowest BCUT2D eigenvalue weighted by Crippen LogP contribution is -2.42. The van der Waals surface area contributed by atoms with E-state index in [1.54, 1.807) is 41.5 Å². The molecular weight excluding hydrogens is 478 g/mol. The molecule has 0 fully saturated rings. The van der Waals surface area contributed by atoms with Crippen LogP contribution in [0.4, 0.5) is 9.93 Å². The molecule has 1 heterocycles. The van der Waals surface area contributed by atoms with Crippen LogP contribution >= 0.6 is 34.9 Å². The van der Waals surface area contributed by atoms with E-state index in [0.29, 0.717) is 33.3 Å². The van der Waals surface area contributed by atoms with Gasteiger partial charge in [-0.15, -0.1) is 11.3 Å². The van der Waals surface area contributed by atoms with Gasteiger partial charge in [-0.1, -0.05) is 30.3 Å². The van der Waals surface area contributed by atoms with E-state index in [1.165, 1.54) is 18.4 Å². The van der Waals surface area contributed by atoms with Gasteiger partial charge in [0.1, 0.15) is 6.04 Å². The van der Waals surface area contributed by atoms with Gasteiger partial charge in [0.05, 0.1) is 7.11 Å². The van der Waals surface area contributed by atoms with E-state index in [9.17, 15) is 14.4 Å². The third kappa shape index (κ3) is 7.08. The minimum Gasteiger partial charge on any atom is -0.467 e. The fourth-order valence-corrected chi connectivity index (χ4v) is 4.74. The molecule has 3 rings (SSSR count). The number of thiazole rings is 1. The Hall–Kier alpha value is -2.82.